The molecule has 0 fully saturated rings. The van der Waals surface area contributed by atoms with Gasteiger partial charge in [0.1, 0.15) is 0 Å². The number of anilines is 7. The molecule has 7 aromatic carbocycles. The van der Waals surface area contributed by atoms with Crippen LogP contribution in [0.2, 0.25) is 0 Å². The number of terminal acetylenes is 1. The summed E-state index contributed by atoms with van der Waals surface area (Å²) in [4.78, 5) is 108. The summed E-state index contributed by atoms with van der Waals surface area (Å²) >= 11 is 0. The summed E-state index contributed by atoms with van der Waals surface area (Å²) in [5.74, 6) is -2.07. The number of hydrogen-bond acceptors (Lipinski definition) is 8. The Morgan fingerprint density at radius 1 is 0.420 bits per heavy atom. The van der Waals surface area contributed by atoms with Gasteiger partial charge in [-0.05, 0) is 128 Å². The second-order valence-corrected chi connectivity index (χ2v) is 15.8. The molecule has 0 aliphatic carbocycles. The molecule has 0 spiro atoms. The van der Waals surface area contributed by atoms with Gasteiger partial charge in [-0.15, -0.1) is 6.42 Å². The number of benzene rings is 7. The van der Waals surface area contributed by atoms with E-state index in [-0.39, 0.29) is 62.3 Å². The van der Waals surface area contributed by atoms with Crippen LogP contribution in [0.3, 0.4) is 0 Å². The number of fused-ring (bicyclic) bond motifs is 1. The normalized spacial score (nSPS) is 11.4. The second-order valence-electron chi connectivity index (χ2n) is 15.8. The number of amides is 8. The Morgan fingerprint density at radius 3 is 1.23 bits per heavy atom. The third kappa shape index (κ3) is 10.6. The van der Waals surface area contributed by atoms with Crippen molar-refractivity contribution in [1.82, 2.24) is 0 Å². The summed E-state index contributed by atoms with van der Waals surface area (Å²) in [5, 5.41) is 16.5. The van der Waals surface area contributed by atoms with Crippen LogP contribution in [0.1, 0.15) is 90.6 Å². The number of rotatable bonds is 12. The molecule has 338 valence electrons. The highest BCUT2D eigenvalue weighted by Crippen LogP contribution is 2.32. The summed E-state index contributed by atoms with van der Waals surface area (Å²) < 4.78 is 0. The molecule has 0 saturated carbocycles. The van der Waals surface area contributed by atoms with E-state index in [0.29, 0.717) is 33.9 Å². The zero-order valence-electron chi connectivity index (χ0n) is 36.8. The largest absolute Gasteiger partial charge is 0.326 e. The van der Waals surface area contributed by atoms with Gasteiger partial charge in [0, 0.05) is 74.4 Å². The molecule has 0 unspecified atom stereocenters. The number of imide groups is 1. The number of hydrogen-bond donors (Lipinski definition) is 6. The first-order chi connectivity index (χ1) is 33.2. The van der Waals surface area contributed by atoms with E-state index in [1.165, 1.54) is 61.5 Å². The lowest BCUT2D eigenvalue weighted by Crippen LogP contribution is -2.30. The minimum absolute atomic E-state index is 0.0557. The van der Waals surface area contributed by atoms with Gasteiger partial charge in [0.15, 0.2) is 0 Å². The Bertz CT molecular complexity index is 3360. The van der Waals surface area contributed by atoms with Crippen LogP contribution in [0.25, 0.3) is 0 Å². The fourth-order valence-corrected chi connectivity index (χ4v) is 7.40. The molecule has 0 saturated heterocycles. The van der Waals surface area contributed by atoms with Gasteiger partial charge in [0.2, 0.25) is 5.91 Å². The monoisotopic (exact) mass is 913 g/mol. The molecule has 7 aromatic rings. The maximum absolute atomic E-state index is 14.1. The summed E-state index contributed by atoms with van der Waals surface area (Å²) in [6.07, 6.45) is 5.57. The molecule has 8 rings (SSSR count). The third-order valence-electron chi connectivity index (χ3n) is 10.6. The highest BCUT2D eigenvalue weighted by atomic mass is 16.2. The third-order valence-corrected chi connectivity index (χ3v) is 10.6. The Balaban J connectivity index is 1.01. The van der Waals surface area contributed by atoms with Crippen LogP contribution < -0.4 is 36.8 Å². The van der Waals surface area contributed by atoms with E-state index >= 15 is 0 Å². The van der Waals surface area contributed by atoms with Gasteiger partial charge < -0.3 is 31.9 Å². The molecule has 8 amide bonds. The first-order valence-corrected chi connectivity index (χ1v) is 21.2. The molecule has 1 heterocycles. The lowest BCUT2D eigenvalue weighted by Gasteiger charge is -2.17. The number of nitrogens with one attached hydrogen (secondary N) is 6. The fourth-order valence-electron chi connectivity index (χ4n) is 7.40. The average Bonchev–Trinajstić information content (AvgIpc) is 3.59. The van der Waals surface area contributed by atoms with Gasteiger partial charge in [-0.25, -0.2) is 4.90 Å². The predicted octanol–water partition coefficient (Wildman–Crippen LogP) is 9.00. The van der Waals surface area contributed by atoms with Crippen molar-refractivity contribution < 1.29 is 38.4 Å². The maximum Gasteiger partial charge on any atom is 0.266 e. The molecule has 0 atom stereocenters. The molecule has 1 aliphatic heterocycles. The van der Waals surface area contributed by atoms with Crippen LogP contribution in [-0.2, 0) is 4.79 Å². The molecule has 0 aromatic heterocycles. The van der Waals surface area contributed by atoms with E-state index in [4.69, 9.17) is 6.42 Å². The van der Waals surface area contributed by atoms with Crippen molar-refractivity contribution in [1.29, 1.82) is 0 Å². The van der Waals surface area contributed by atoms with Crippen molar-refractivity contribution in [2.75, 3.05) is 36.8 Å². The van der Waals surface area contributed by atoms with Crippen molar-refractivity contribution in [2.24, 2.45) is 0 Å². The van der Waals surface area contributed by atoms with Gasteiger partial charge in [-0.2, -0.15) is 0 Å². The lowest BCUT2D eigenvalue weighted by molar-refractivity contribution is -0.114. The van der Waals surface area contributed by atoms with Crippen LogP contribution in [0.5, 0.6) is 0 Å². The van der Waals surface area contributed by atoms with Crippen molar-refractivity contribution in [3.63, 3.8) is 0 Å². The van der Waals surface area contributed by atoms with Crippen molar-refractivity contribution in [3.05, 3.63) is 208 Å². The lowest BCUT2D eigenvalue weighted by atomic mass is 10.1. The minimum atomic E-state index is -0.734. The minimum Gasteiger partial charge on any atom is -0.326 e. The van der Waals surface area contributed by atoms with Crippen LogP contribution >= 0.6 is 0 Å². The van der Waals surface area contributed by atoms with Crippen LogP contribution in [0.15, 0.2) is 158 Å². The van der Waals surface area contributed by atoms with E-state index in [9.17, 15) is 38.4 Å². The average molecular weight is 914 g/mol. The molecule has 15 nitrogen and oxygen atoms in total. The van der Waals surface area contributed by atoms with E-state index in [1.54, 1.807) is 97.1 Å². The first kappa shape index (κ1) is 45.6. The van der Waals surface area contributed by atoms with Gasteiger partial charge >= 0.3 is 0 Å². The fraction of sp³-hybridized carbons (Fsp3) is 0.0370. The van der Waals surface area contributed by atoms with Gasteiger partial charge in [-0.3, -0.25) is 38.4 Å². The zero-order valence-corrected chi connectivity index (χ0v) is 36.8. The predicted molar refractivity (Wildman–Crippen MR) is 263 cm³/mol. The molecule has 15 heteroatoms. The highest BCUT2D eigenvalue weighted by Gasteiger charge is 2.37. The zero-order chi connectivity index (χ0) is 48.8. The Hall–Kier alpha value is -9.94. The molecule has 1 aliphatic rings. The molecule has 69 heavy (non-hydrogen) atoms. The number of aryl methyl sites for hydroxylation is 1. The van der Waals surface area contributed by atoms with Crippen molar-refractivity contribution >= 4 is 87.1 Å². The SMILES string of the molecule is C#Cc1ccc2c(c1)C(=O)N(c1cc(C(=O)Nc3cccc(NC(=O)c4cccc(C)c4)c3)cc(C(=O)Nc3cccc(NC(=O)c4cccc(C(=O)Nc5cccc(NC(C)=O)c5)c4)c3)c1)C2=O. The van der Waals surface area contributed by atoms with Gasteiger partial charge in [0.25, 0.3) is 41.4 Å². The van der Waals surface area contributed by atoms with Crippen LogP contribution in [0.4, 0.5) is 39.8 Å². The molecule has 0 radical (unpaired) electrons. The smallest absolute Gasteiger partial charge is 0.266 e. The Kier molecular flexibility index (Phi) is 13.0. The molecule has 0 bridgehead atoms. The second kappa shape index (κ2) is 19.7. The van der Waals surface area contributed by atoms with E-state index in [2.05, 4.69) is 37.8 Å². The highest BCUT2D eigenvalue weighted by molar-refractivity contribution is 6.35. The summed E-state index contributed by atoms with van der Waals surface area (Å²) in [6.45, 7) is 3.24. The summed E-state index contributed by atoms with van der Waals surface area (Å²) in [7, 11) is 0. The molecular weight excluding hydrogens is 875 g/mol. The van der Waals surface area contributed by atoms with Gasteiger partial charge in [-0.1, -0.05) is 47.9 Å². The standard InChI is InChI=1S/C54H39N7O8/c1-4-33-20-21-46-47(23-33)54(69)61(53(46)68)45-26-37(51(66)59-43-18-8-16-41(29-43)56-48(63)34-11-5-10-31(2)22-34)25-38(27-45)52(67)60-44-19-9-17-42(30-44)58-50(65)36-13-6-12-35(24-36)49(64)57-40-15-7-14-39(28-40)55-32(3)62/h1,5-30H,2-3H3,(H,55,62)(H,56,63)(H,57,64)(H,58,65)(H,59,66)(H,60,67). The summed E-state index contributed by atoms with van der Waals surface area (Å²) in [5.41, 5.74) is 4.07. The topological polar surface area (TPSA) is 212 Å². The maximum atomic E-state index is 14.1. The molecule has 6 N–H and O–H groups in total. The first-order valence-electron chi connectivity index (χ1n) is 21.2. The Morgan fingerprint density at radius 2 is 0.797 bits per heavy atom. The Labute approximate surface area is 394 Å². The summed E-state index contributed by atoms with van der Waals surface area (Å²) in [6, 6.07) is 40.6. The van der Waals surface area contributed by atoms with Crippen LogP contribution in [-0.4, -0.2) is 47.3 Å². The quantitative estimate of drug-likeness (QED) is 0.0513. The van der Waals surface area contributed by atoms with Crippen molar-refractivity contribution in [3.8, 4) is 12.3 Å². The van der Waals surface area contributed by atoms with E-state index < -0.39 is 35.4 Å². The number of nitrogens with zero attached hydrogens (tertiary/aromatic N) is 1. The van der Waals surface area contributed by atoms with Crippen molar-refractivity contribution in [2.45, 2.75) is 13.8 Å². The van der Waals surface area contributed by atoms with Crippen LogP contribution in [0, 0.1) is 19.3 Å². The number of carbonyl (C=O) groups is 8. The molecular formula is C54H39N7O8. The number of carbonyl (C=O) groups excluding carboxylic acids is 8. The van der Waals surface area contributed by atoms with Gasteiger partial charge in [0.05, 0.1) is 16.8 Å². The van der Waals surface area contributed by atoms with E-state index in [0.717, 1.165) is 10.5 Å². The van der Waals surface area contributed by atoms with E-state index in [1.807, 2.05) is 13.0 Å².